The van der Waals surface area contributed by atoms with Gasteiger partial charge in [-0.3, -0.25) is 0 Å². The van der Waals surface area contributed by atoms with Gasteiger partial charge in [-0.15, -0.1) is 0 Å². The van der Waals surface area contributed by atoms with Gasteiger partial charge in [-0.05, 0) is 18.5 Å². The monoisotopic (exact) mass is 189 g/mol. The predicted molar refractivity (Wildman–Crippen MR) is 65.4 cm³/mol. The third-order valence-electron chi connectivity index (χ3n) is 2.68. The summed E-state index contributed by atoms with van der Waals surface area (Å²) >= 11 is 0. The van der Waals surface area contributed by atoms with E-state index in [0.29, 0.717) is 0 Å². The van der Waals surface area contributed by atoms with Crippen LogP contribution in [-0.4, -0.2) is 14.4 Å². The van der Waals surface area contributed by atoms with Gasteiger partial charge >= 0.3 is 0 Å². The minimum absolute atomic E-state index is 0.846. The Bertz CT molecular complexity index is 235. The summed E-state index contributed by atoms with van der Waals surface area (Å²) in [6.45, 7) is 4.38. The molecule has 0 amide bonds. The van der Waals surface area contributed by atoms with Crippen molar-refractivity contribution in [3.05, 3.63) is 35.9 Å². The lowest BCUT2D eigenvalue weighted by molar-refractivity contribution is 0.616. The van der Waals surface area contributed by atoms with Crippen molar-refractivity contribution in [2.45, 2.75) is 32.1 Å². The Balaban J connectivity index is 2.10. The lowest BCUT2D eigenvalue weighted by Gasteiger charge is -2.09. The molecule has 1 unspecified atom stereocenters. The van der Waals surface area contributed by atoms with Crippen LogP contribution in [0.15, 0.2) is 30.3 Å². The number of hydrogen-bond donors (Lipinski definition) is 1. The Morgan fingerprint density at radius 2 is 2.00 bits per heavy atom. The van der Waals surface area contributed by atoms with Crippen LogP contribution < -0.4 is 5.32 Å². The first-order valence-electron chi connectivity index (χ1n) is 5.57. The summed E-state index contributed by atoms with van der Waals surface area (Å²) in [5, 5.41) is 3.47. The molecule has 1 rings (SSSR count). The lowest BCUT2D eigenvalue weighted by Crippen LogP contribution is -2.16. The smallest absolute Gasteiger partial charge is 0.105 e. The summed E-state index contributed by atoms with van der Waals surface area (Å²) in [4.78, 5) is 0. The van der Waals surface area contributed by atoms with E-state index in [2.05, 4.69) is 50.4 Å². The zero-order valence-electron chi connectivity index (χ0n) is 9.29. The first-order chi connectivity index (χ1) is 6.83. The second-order valence-electron chi connectivity index (χ2n) is 3.96. The quantitative estimate of drug-likeness (QED) is 0.533. The summed E-state index contributed by atoms with van der Waals surface area (Å²) in [6, 6.07) is 10.6. The first-order valence-corrected chi connectivity index (χ1v) is 5.57. The molecular weight excluding hydrogens is 169 g/mol. The molecule has 0 saturated carbocycles. The summed E-state index contributed by atoms with van der Waals surface area (Å²) in [5.74, 6) is 0.846. The Morgan fingerprint density at radius 1 is 1.29 bits per heavy atom. The van der Waals surface area contributed by atoms with Crippen LogP contribution in [0, 0.1) is 0 Å². The minimum atomic E-state index is 0.846. The summed E-state index contributed by atoms with van der Waals surface area (Å²) < 4.78 is 0. The Kier molecular flexibility index (Phi) is 5.39. The van der Waals surface area contributed by atoms with E-state index >= 15 is 0 Å². The van der Waals surface area contributed by atoms with Gasteiger partial charge < -0.3 is 5.32 Å². The van der Waals surface area contributed by atoms with Gasteiger partial charge in [0.25, 0.3) is 0 Å². The number of rotatable bonds is 6. The largest absolute Gasteiger partial charge is 0.313 e. The highest BCUT2D eigenvalue weighted by molar-refractivity contribution is 6.11. The topological polar surface area (TPSA) is 12.0 Å². The van der Waals surface area contributed by atoms with Crippen molar-refractivity contribution in [3.63, 3.8) is 0 Å². The van der Waals surface area contributed by atoms with Crippen LogP contribution >= 0.6 is 0 Å². The molecule has 76 valence electrons. The molecule has 14 heavy (non-hydrogen) atoms. The molecule has 1 aromatic carbocycles. The molecule has 0 saturated heterocycles. The van der Waals surface area contributed by atoms with E-state index in [9.17, 15) is 0 Å². The van der Waals surface area contributed by atoms with Crippen molar-refractivity contribution in [1.82, 2.24) is 5.32 Å². The zero-order valence-corrected chi connectivity index (χ0v) is 9.29. The van der Waals surface area contributed by atoms with Gasteiger partial charge in [-0.2, -0.15) is 0 Å². The van der Waals surface area contributed by atoms with Crippen molar-refractivity contribution in [1.29, 1.82) is 0 Å². The van der Waals surface area contributed by atoms with E-state index in [4.69, 9.17) is 0 Å². The summed E-state index contributed by atoms with van der Waals surface area (Å²) in [6.07, 6.45) is 2.57. The molecule has 0 fully saturated rings. The third kappa shape index (κ3) is 4.47. The Hall–Kier alpha value is -0.755. The average molecular weight is 189 g/mol. The van der Waals surface area contributed by atoms with Gasteiger partial charge in [0.05, 0.1) is 0 Å². The van der Waals surface area contributed by atoms with Crippen LogP contribution in [0.25, 0.3) is 0 Å². The van der Waals surface area contributed by atoms with Gasteiger partial charge in [0.2, 0.25) is 0 Å². The van der Waals surface area contributed by atoms with Crippen LogP contribution in [-0.2, 0) is 6.54 Å². The molecule has 0 aliphatic carbocycles. The maximum atomic E-state index is 3.47. The van der Waals surface area contributed by atoms with Crippen molar-refractivity contribution < 1.29 is 0 Å². The standard InChI is InChI=1S/C12H20BN/c1-2-12(13)8-9-14-10-11-6-4-3-5-7-11/h3-7,12,14H,2,8-10,13H2,1H3. The van der Waals surface area contributed by atoms with Gasteiger partial charge in [0.15, 0.2) is 0 Å². The number of nitrogens with one attached hydrogen (secondary N) is 1. The normalized spacial score (nSPS) is 12.6. The first kappa shape index (κ1) is 11.3. The number of hydrogen-bond acceptors (Lipinski definition) is 1. The van der Waals surface area contributed by atoms with E-state index in [1.165, 1.54) is 18.4 Å². The molecule has 0 heterocycles. The molecule has 1 nitrogen and oxygen atoms in total. The van der Waals surface area contributed by atoms with Gasteiger partial charge in [-0.25, -0.2) is 0 Å². The highest BCUT2D eigenvalue weighted by Gasteiger charge is 1.97. The summed E-state index contributed by atoms with van der Waals surface area (Å²) in [7, 11) is 2.31. The van der Waals surface area contributed by atoms with Crippen molar-refractivity contribution in [2.75, 3.05) is 6.54 Å². The molecule has 0 spiro atoms. The maximum Gasteiger partial charge on any atom is 0.105 e. The molecule has 1 aromatic rings. The van der Waals surface area contributed by atoms with E-state index in [1.807, 2.05) is 0 Å². The highest BCUT2D eigenvalue weighted by Crippen LogP contribution is 2.08. The molecule has 1 atom stereocenters. The minimum Gasteiger partial charge on any atom is -0.313 e. The highest BCUT2D eigenvalue weighted by atomic mass is 14.8. The van der Waals surface area contributed by atoms with Crippen LogP contribution in [0.5, 0.6) is 0 Å². The van der Waals surface area contributed by atoms with Crippen molar-refractivity contribution in [3.8, 4) is 0 Å². The van der Waals surface area contributed by atoms with E-state index in [0.717, 1.165) is 18.9 Å². The van der Waals surface area contributed by atoms with Gasteiger partial charge in [0, 0.05) is 6.54 Å². The molecule has 0 bridgehead atoms. The Morgan fingerprint density at radius 3 is 2.64 bits per heavy atom. The van der Waals surface area contributed by atoms with E-state index in [-0.39, 0.29) is 0 Å². The molecule has 0 aromatic heterocycles. The fourth-order valence-electron chi connectivity index (χ4n) is 1.38. The van der Waals surface area contributed by atoms with Crippen LogP contribution in [0.1, 0.15) is 25.3 Å². The van der Waals surface area contributed by atoms with Crippen molar-refractivity contribution >= 4 is 7.85 Å². The molecule has 0 aliphatic rings. The molecule has 0 radical (unpaired) electrons. The Labute approximate surface area is 88.3 Å². The third-order valence-corrected chi connectivity index (χ3v) is 2.68. The number of benzene rings is 1. The average Bonchev–Trinajstić information content (AvgIpc) is 2.25. The second-order valence-corrected chi connectivity index (χ2v) is 3.96. The summed E-state index contributed by atoms with van der Waals surface area (Å²) in [5.41, 5.74) is 1.37. The maximum absolute atomic E-state index is 3.47. The van der Waals surface area contributed by atoms with Crippen molar-refractivity contribution in [2.24, 2.45) is 0 Å². The fourth-order valence-corrected chi connectivity index (χ4v) is 1.38. The predicted octanol–water partition coefficient (Wildman–Crippen LogP) is 2.00. The van der Waals surface area contributed by atoms with E-state index < -0.39 is 0 Å². The molecule has 1 N–H and O–H groups in total. The van der Waals surface area contributed by atoms with Gasteiger partial charge in [0.1, 0.15) is 7.85 Å². The lowest BCUT2D eigenvalue weighted by atomic mass is 9.82. The molecule has 0 aliphatic heterocycles. The van der Waals surface area contributed by atoms with E-state index in [1.54, 1.807) is 0 Å². The molecule has 2 heteroatoms. The SMILES string of the molecule is BC(CC)CCNCc1ccccc1. The molecular formula is C12H20BN. The van der Waals surface area contributed by atoms with Gasteiger partial charge in [-0.1, -0.05) is 49.5 Å². The second kappa shape index (κ2) is 6.66. The van der Waals surface area contributed by atoms with Crippen LogP contribution in [0.2, 0.25) is 5.82 Å². The van der Waals surface area contributed by atoms with Crippen LogP contribution in [0.4, 0.5) is 0 Å². The fraction of sp³-hybridized carbons (Fsp3) is 0.500. The van der Waals surface area contributed by atoms with Crippen LogP contribution in [0.3, 0.4) is 0 Å². The zero-order chi connectivity index (χ0) is 10.2.